The number of piperidine rings is 1. The molecule has 2 saturated heterocycles. The van der Waals surface area contributed by atoms with Crippen molar-refractivity contribution >= 4 is 34.9 Å². The number of urea groups is 1. The third-order valence-corrected chi connectivity index (χ3v) is 7.11. The molecule has 2 N–H and O–H groups in total. The van der Waals surface area contributed by atoms with Gasteiger partial charge in [-0.25, -0.2) is 4.79 Å². The van der Waals surface area contributed by atoms with Crippen LogP contribution in [0, 0.1) is 0 Å². The Kier molecular flexibility index (Phi) is 7.10. The maximum absolute atomic E-state index is 12.7. The molecule has 2 heterocycles. The van der Waals surface area contributed by atoms with Crippen molar-refractivity contribution in [3.05, 3.63) is 59.1 Å². The van der Waals surface area contributed by atoms with Crippen molar-refractivity contribution in [2.45, 2.75) is 37.8 Å². The number of carbonyl (C=O) groups is 2. The molecular weight excluding hydrogens is 440 g/mol. The fraction of sp³-hybridized carbons (Fsp3) is 0.440. The average Bonchev–Trinajstić information content (AvgIpc) is 3.21. The van der Waals surface area contributed by atoms with Crippen LogP contribution < -0.4 is 10.2 Å². The van der Waals surface area contributed by atoms with Gasteiger partial charge in [0.15, 0.2) is 0 Å². The smallest absolute Gasteiger partial charge is 0.321 e. The second-order valence-corrected chi connectivity index (χ2v) is 9.40. The van der Waals surface area contributed by atoms with Crippen LogP contribution in [0.15, 0.2) is 48.5 Å². The number of amides is 3. The molecule has 8 heteroatoms. The molecule has 2 aromatic rings. The van der Waals surface area contributed by atoms with Gasteiger partial charge in [-0.05, 0) is 60.7 Å². The number of likely N-dealkylation sites (N-methyl/N-ethyl adjacent to an activating group) is 1. The van der Waals surface area contributed by atoms with Crippen LogP contribution in [0.4, 0.5) is 16.2 Å². The predicted molar refractivity (Wildman–Crippen MR) is 131 cm³/mol. The summed E-state index contributed by atoms with van der Waals surface area (Å²) in [6.07, 6.45) is 1.27. The van der Waals surface area contributed by atoms with Crippen molar-refractivity contribution < 1.29 is 14.7 Å². The molecule has 0 saturated carbocycles. The topological polar surface area (TPSA) is 76.1 Å². The highest BCUT2D eigenvalue weighted by Crippen LogP contribution is 2.29. The van der Waals surface area contributed by atoms with Crippen LogP contribution in [0.1, 0.15) is 31.2 Å². The van der Waals surface area contributed by atoms with Crippen LogP contribution in [-0.2, 0) is 4.79 Å². The highest BCUT2D eigenvalue weighted by Gasteiger charge is 2.35. The first-order valence-corrected chi connectivity index (χ1v) is 11.8. The maximum atomic E-state index is 12.7. The van der Waals surface area contributed by atoms with Gasteiger partial charge in [-0.3, -0.25) is 4.79 Å². The number of aliphatic hydroxyl groups excluding tert-OH is 1. The molecule has 2 atom stereocenters. The minimum Gasteiger partial charge on any atom is -0.389 e. The quantitative estimate of drug-likeness (QED) is 0.713. The van der Waals surface area contributed by atoms with Gasteiger partial charge < -0.3 is 25.1 Å². The number of hydrogen-bond acceptors (Lipinski definition) is 4. The van der Waals surface area contributed by atoms with Crippen LogP contribution in [0.5, 0.6) is 0 Å². The SMILES string of the molecule is CC(=O)N(C)C1CN(c2ccc(NC(=O)N3CCC(c4ccc(Cl)cc4)CC3)cc2)CC1O. The van der Waals surface area contributed by atoms with Crippen molar-refractivity contribution in [3.8, 4) is 0 Å². The molecule has 33 heavy (non-hydrogen) atoms. The molecular formula is C25H31ClN4O3. The lowest BCUT2D eigenvalue weighted by Crippen LogP contribution is -2.43. The number of halogens is 1. The Morgan fingerprint density at radius 3 is 2.27 bits per heavy atom. The number of nitrogens with one attached hydrogen (secondary N) is 1. The van der Waals surface area contributed by atoms with Crippen LogP contribution in [-0.4, -0.2) is 72.2 Å². The van der Waals surface area contributed by atoms with Crippen molar-refractivity contribution in [2.75, 3.05) is 43.4 Å². The zero-order chi connectivity index (χ0) is 23.5. The second kappa shape index (κ2) is 10.0. The third-order valence-electron chi connectivity index (χ3n) is 6.86. The first kappa shape index (κ1) is 23.4. The van der Waals surface area contributed by atoms with E-state index in [4.69, 9.17) is 11.6 Å². The summed E-state index contributed by atoms with van der Waals surface area (Å²) in [7, 11) is 1.72. The highest BCUT2D eigenvalue weighted by molar-refractivity contribution is 6.30. The molecule has 176 valence electrons. The molecule has 2 unspecified atom stereocenters. The summed E-state index contributed by atoms with van der Waals surface area (Å²) in [5.74, 6) is 0.392. The first-order valence-electron chi connectivity index (χ1n) is 11.4. The molecule has 7 nitrogen and oxygen atoms in total. The Balaban J connectivity index is 1.29. The van der Waals surface area contributed by atoms with Crippen LogP contribution in [0.2, 0.25) is 5.02 Å². The summed E-state index contributed by atoms with van der Waals surface area (Å²) >= 11 is 5.99. The number of anilines is 2. The predicted octanol–water partition coefficient (Wildman–Crippen LogP) is 3.78. The van der Waals surface area contributed by atoms with E-state index in [0.717, 1.165) is 29.2 Å². The molecule has 2 aliphatic rings. The zero-order valence-corrected chi connectivity index (χ0v) is 19.8. The number of benzene rings is 2. The standard InChI is InChI=1S/C25H31ClN4O3/c1-17(31)28(2)23-15-30(16-24(23)32)22-9-7-21(8-10-22)27-25(33)29-13-11-19(12-14-29)18-3-5-20(26)6-4-18/h3-10,19,23-24,32H,11-16H2,1-2H3,(H,27,33). The average molecular weight is 471 g/mol. The molecule has 0 aromatic heterocycles. The lowest BCUT2D eigenvalue weighted by Gasteiger charge is -2.32. The minimum atomic E-state index is -0.589. The van der Waals surface area contributed by atoms with E-state index < -0.39 is 6.10 Å². The largest absolute Gasteiger partial charge is 0.389 e. The number of aliphatic hydroxyl groups is 1. The number of carbonyl (C=O) groups excluding carboxylic acids is 2. The fourth-order valence-corrected chi connectivity index (χ4v) is 4.83. The van der Waals surface area contributed by atoms with E-state index in [2.05, 4.69) is 22.3 Å². The van der Waals surface area contributed by atoms with E-state index >= 15 is 0 Å². The summed E-state index contributed by atoms with van der Waals surface area (Å²) < 4.78 is 0. The van der Waals surface area contributed by atoms with Gasteiger partial charge in [0.05, 0.1) is 12.1 Å². The number of nitrogens with zero attached hydrogens (tertiary/aromatic N) is 3. The van der Waals surface area contributed by atoms with Gasteiger partial charge in [-0.15, -0.1) is 0 Å². The number of rotatable bonds is 4. The number of likely N-dealkylation sites (tertiary alicyclic amines) is 1. The van der Waals surface area contributed by atoms with Gasteiger partial charge in [0, 0.05) is 56.5 Å². The van der Waals surface area contributed by atoms with Gasteiger partial charge >= 0.3 is 6.03 Å². The molecule has 3 amide bonds. The highest BCUT2D eigenvalue weighted by atomic mass is 35.5. The lowest BCUT2D eigenvalue weighted by molar-refractivity contribution is -0.130. The summed E-state index contributed by atoms with van der Waals surface area (Å²) in [6.45, 7) is 3.98. The fourth-order valence-electron chi connectivity index (χ4n) is 4.70. The van der Waals surface area contributed by atoms with Crippen molar-refractivity contribution in [2.24, 2.45) is 0 Å². The number of hydrogen-bond donors (Lipinski definition) is 2. The summed E-state index contributed by atoms with van der Waals surface area (Å²) in [5, 5.41) is 14.1. The normalized spacial score (nSPS) is 21.2. The lowest BCUT2D eigenvalue weighted by atomic mass is 9.89. The molecule has 4 rings (SSSR count). The number of β-amino-alcohol motifs (C(OH)–C–C–N with tert-alkyl or cyclic N) is 1. The monoisotopic (exact) mass is 470 g/mol. The first-order chi connectivity index (χ1) is 15.8. The van der Waals surface area contributed by atoms with E-state index in [1.807, 2.05) is 41.3 Å². The molecule has 2 aromatic carbocycles. The van der Waals surface area contributed by atoms with Gasteiger partial charge in [-0.2, -0.15) is 0 Å². The van der Waals surface area contributed by atoms with Crippen molar-refractivity contribution in [1.29, 1.82) is 0 Å². The Hall–Kier alpha value is -2.77. The Morgan fingerprint density at radius 2 is 1.67 bits per heavy atom. The molecule has 2 aliphatic heterocycles. The van der Waals surface area contributed by atoms with Crippen LogP contribution >= 0.6 is 11.6 Å². The van der Waals surface area contributed by atoms with Gasteiger partial charge in [-0.1, -0.05) is 23.7 Å². The molecule has 0 aliphatic carbocycles. The summed E-state index contributed by atoms with van der Waals surface area (Å²) in [6, 6.07) is 15.3. The zero-order valence-electron chi connectivity index (χ0n) is 19.1. The molecule has 2 fully saturated rings. The van der Waals surface area contributed by atoms with E-state index in [1.54, 1.807) is 11.9 Å². The molecule has 0 radical (unpaired) electrons. The Labute approximate surface area is 199 Å². The minimum absolute atomic E-state index is 0.0591. The molecule has 0 spiro atoms. The van der Waals surface area contributed by atoms with Gasteiger partial charge in [0.2, 0.25) is 5.91 Å². The Morgan fingerprint density at radius 1 is 1.03 bits per heavy atom. The van der Waals surface area contributed by atoms with Crippen molar-refractivity contribution in [3.63, 3.8) is 0 Å². The van der Waals surface area contributed by atoms with Crippen molar-refractivity contribution in [1.82, 2.24) is 9.80 Å². The van der Waals surface area contributed by atoms with Gasteiger partial charge in [0.25, 0.3) is 0 Å². The summed E-state index contributed by atoms with van der Waals surface area (Å²) in [4.78, 5) is 29.9. The molecule has 0 bridgehead atoms. The second-order valence-electron chi connectivity index (χ2n) is 8.96. The van der Waals surface area contributed by atoms with Crippen LogP contribution in [0.3, 0.4) is 0 Å². The van der Waals surface area contributed by atoms with E-state index in [1.165, 1.54) is 12.5 Å². The summed E-state index contributed by atoms with van der Waals surface area (Å²) in [5.41, 5.74) is 2.97. The van der Waals surface area contributed by atoms with Gasteiger partial charge in [0.1, 0.15) is 0 Å². The van der Waals surface area contributed by atoms with E-state index in [9.17, 15) is 14.7 Å². The third kappa shape index (κ3) is 5.42. The van der Waals surface area contributed by atoms with E-state index in [0.29, 0.717) is 32.1 Å². The Bertz CT molecular complexity index is 974. The maximum Gasteiger partial charge on any atom is 0.321 e. The van der Waals surface area contributed by atoms with E-state index in [-0.39, 0.29) is 18.0 Å². The van der Waals surface area contributed by atoms with Crippen LogP contribution in [0.25, 0.3) is 0 Å².